The van der Waals surface area contributed by atoms with Crippen molar-refractivity contribution in [2.45, 2.75) is 31.6 Å². The molecule has 2 nitrogen and oxygen atoms in total. The molecule has 17 heavy (non-hydrogen) atoms. The third kappa shape index (κ3) is 1.99. The normalized spacial score (nSPS) is 16.5. The monoisotopic (exact) mass is 226 g/mol. The average Bonchev–Trinajstić information content (AvgIpc) is 2.99. The van der Waals surface area contributed by atoms with Crippen LogP contribution in [0.1, 0.15) is 37.3 Å². The first-order valence-corrected chi connectivity index (χ1v) is 6.44. The number of rotatable bonds is 2. The van der Waals surface area contributed by atoms with Crippen LogP contribution in [-0.2, 0) is 7.05 Å². The molecule has 0 saturated heterocycles. The van der Waals surface area contributed by atoms with E-state index in [2.05, 4.69) is 41.5 Å². The van der Waals surface area contributed by atoms with Crippen molar-refractivity contribution in [3.05, 3.63) is 42.1 Å². The second kappa shape index (κ2) is 4.36. The fourth-order valence-electron chi connectivity index (χ4n) is 2.79. The van der Waals surface area contributed by atoms with Crippen LogP contribution in [0, 0.1) is 0 Å². The third-order valence-electron chi connectivity index (χ3n) is 3.74. The van der Waals surface area contributed by atoms with Crippen LogP contribution in [0.2, 0.25) is 0 Å². The fourth-order valence-corrected chi connectivity index (χ4v) is 2.79. The molecule has 1 saturated carbocycles. The van der Waals surface area contributed by atoms with Gasteiger partial charge in [-0.05, 0) is 24.5 Å². The molecule has 1 aromatic heterocycles. The van der Waals surface area contributed by atoms with E-state index in [-0.39, 0.29) is 0 Å². The van der Waals surface area contributed by atoms with Gasteiger partial charge in [-0.3, -0.25) is 4.68 Å². The van der Waals surface area contributed by atoms with Crippen LogP contribution in [0.4, 0.5) is 0 Å². The van der Waals surface area contributed by atoms with Gasteiger partial charge in [0.05, 0.1) is 11.4 Å². The highest BCUT2D eigenvalue weighted by Crippen LogP contribution is 2.34. The Morgan fingerprint density at radius 3 is 2.53 bits per heavy atom. The molecule has 1 aliphatic carbocycles. The van der Waals surface area contributed by atoms with E-state index in [0.717, 1.165) is 0 Å². The molecule has 0 bridgehead atoms. The molecule has 3 rings (SSSR count). The molecule has 0 unspecified atom stereocenters. The quantitative estimate of drug-likeness (QED) is 0.762. The SMILES string of the molecule is Cn1nc(C2CCCC2)cc1-c1ccccc1. The van der Waals surface area contributed by atoms with Crippen molar-refractivity contribution in [2.24, 2.45) is 7.05 Å². The summed E-state index contributed by atoms with van der Waals surface area (Å²) in [5.74, 6) is 0.693. The Morgan fingerprint density at radius 1 is 1.12 bits per heavy atom. The van der Waals surface area contributed by atoms with Crippen molar-refractivity contribution in [2.75, 3.05) is 0 Å². The molecule has 1 heterocycles. The lowest BCUT2D eigenvalue weighted by Crippen LogP contribution is -1.97. The molecule has 0 N–H and O–H groups in total. The van der Waals surface area contributed by atoms with Gasteiger partial charge < -0.3 is 0 Å². The first kappa shape index (κ1) is 10.6. The number of benzene rings is 1. The summed E-state index contributed by atoms with van der Waals surface area (Å²) >= 11 is 0. The van der Waals surface area contributed by atoms with Crippen LogP contribution in [0.15, 0.2) is 36.4 Å². The first-order chi connectivity index (χ1) is 8.34. The number of aromatic nitrogens is 2. The standard InChI is InChI=1S/C15H18N2/c1-17-15(13-9-3-2-4-10-13)11-14(16-17)12-7-5-6-8-12/h2-4,9-12H,5-8H2,1H3. The zero-order valence-corrected chi connectivity index (χ0v) is 10.3. The Morgan fingerprint density at radius 2 is 1.82 bits per heavy atom. The zero-order chi connectivity index (χ0) is 11.7. The summed E-state index contributed by atoms with van der Waals surface area (Å²) in [4.78, 5) is 0. The van der Waals surface area contributed by atoms with Crippen LogP contribution in [0.3, 0.4) is 0 Å². The van der Waals surface area contributed by atoms with Gasteiger partial charge in [-0.2, -0.15) is 5.10 Å². The second-order valence-corrected chi connectivity index (χ2v) is 4.93. The van der Waals surface area contributed by atoms with Crippen LogP contribution >= 0.6 is 0 Å². The second-order valence-electron chi connectivity index (χ2n) is 4.93. The highest BCUT2D eigenvalue weighted by molar-refractivity contribution is 5.59. The lowest BCUT2D eigenvalue weighted by molar-refractivity contribution is 0.659. The van der Waals surface area contributed by atoms with Crippen LogP contribution in [-0.4, -0.2) is 9.78 Å². The van der Waals surface area contributed by atoms with Crippen LogP contribution < -0.4 is 0 Å². The Labute approximate surface area is 102 Å². The van der Waals surface area contributed by atoms with E-state index in [1.807, 2.05) is 11.7 Å². The molecule has 1 aromatic carbocycles. The van der Waals surface area contributed by atoms with E-state index in [1.165, 1.54) is 42.6 Å². The maximum Gasteiger partial charge on any atom is 0.0681 e. The van der Waals surface area contributed by atoms with Gasteiger partial charge >= 0.3 is 0 Å². The summed E-state index contributed by atoms with van der Waals surface area (Å²) in [7, 11) is 2.04. The molecule has 1 aliphatic rings. The summed E-state index contributed by atoms with van der Waals surface area (Å²) in [6.07, 6.45) is 5.35. The van der Waals surface area contributed by atoms with Crippen molar-refractivity contribution in [3.8, 4) is 11.3 Å². The maximum atomic E-state index is 4.69. The van der Waals surface area contributed by atoms with Gasteiger partial charge in [0.15, 0.2) is 0 Å². The predicted molar refractivity (Wildman–Crippen MR) is 69.9 cm³/mol. The average molecular weight is 226 g/mol. The maximum absolute atomic E-state index is 4.69. The van der Waals surface area contributed by atoms with Crippen molar-refractivity contribution >= 4 is 0 Å². The summed E-state index contributed by atoms with van der Waals surface area (Å²) in [6.45, 7) is 0. The molecule has 2 aromatic rings. The van der Waals surface area contributed by atoms with Crippen LogP contribution in [0.5, 0.6) is 0 Å². The van der Waals surface area contributed by atoms with E-state index in [1.54, 1.807) is 0 Å². The van der Waals surface area contributed by atoms with E-state index >= 15 is 0 Å². The van der Waals surface area contributed by atoms with Gasteiger partial charge in [0.1, 0.15) is 0 Å². The number of hydrogen-bond donors (Lipinski definition) is 0. The number of hydrogen-bond acceptors (Lipinski definition) is 1. The topological polar surface area (TPSA) is 17.8 Å². The van der Waals surface area contributed by atoms with Crippen LogP contribution in [0.25, 0.3) is 11.3 Å². The Bertz CT molecular complexity index is 493. The van der Waals surface area contributed by atoms with E-state index in [9.17, 15) is 0 Å². The smallest absolute Gasteiger partial charge is 0.0681 e. The highest BCUT2D eigenvalue weighted by atomic mass is 15.3. The highest BCUT2D eigenvalue weighted by Gasteiger charge is 2.20. The van der Waals surface area contributed by atoms with Gasteiger partial charge in [-0.1, -0.05) is 43.2 Å². The van der Waals surface area contributed by atoms with Gasteiger partial charge in [0.25, 0.3) is 0 Å². The molecule has 0 aliphatic heterocycles. The summed E-state index contributed by atoms with van der Waals surface area (Å²) in [5.41, 5.74) is 3.77. The number of nitrogens with zero attached hydrogens (tertiary/aromatic N) is 2. The minimum Gasteiger partial charge on any atom is -0.268 e. The molecule has 0 radical (unpaired) electrons. The van der Waals surface area contributed by atoms with Crippen molar-refractivity contribution < 1.29 is 0 Å². The van der Waals surface area contributed by atoms with Crippen molar-refractivity contribution in [1.82, 2.24) is 9.78 Å². The van der Waals surface area contributed by atoms with Gasteiger partial charge in [0, 0.05) is 13.0 Å². The number of aryl methyl sites for hydroxylation is 1. The Hall–Kier alpha value is -1.57. The molecule has 1 fully saturated rings. The Kier molecular flexibility index (Phi) is 2.71. The summed E-state index contributed by atoms with van der Waals surface area (Å²) < 4.78 is 2.02. The summed E-state index contributed by atoms with van der Waals surface area (Å²) in [6, 6.07) is 12.8. The van der Waals surface area contributed by atoms with Gasteiger partial charge in [0.2, 0.25) is 0 Å². The summed E-state index contributed by atoms with van der Waals surface area (Å²) in [5, 5.41) is 4.69. The van der Waals surface area contributed by atoms with E-state index in [4.69, 9.17) is 0 Å². The van der Waals surface area contributed by atoms with E-state index in [0.29, 0.717) is 5.92 Å². The third-order valence-corrected chi connectivity index (χ3v) is 3.74. The predicted octanol–water partition coefficient (Wildman–Crippen LogP) is 3.74. The first-order valence-electron chi connectivity index (χ1n) is 6.44. The lowest BCUT2D eigenvalue weighted by Gasteiger charge is -2.02. The molecular weight excluding hydrogens is 208 g/mol. The lowest BCUT2D eigenvalue weighted by atomic mass is 10.0. The molecular formula is C15H18N2. The molecule has 0 atom stereocenters. The largest absolute Gasteiger partial charge is 0.268 e. The molecule has 88 valence electrons. The van der Waals surface area contributed by atoms with Crippen molar-refractivity contribution in [3.63, 3.8) is 0 Å². The molecule has 0 spiro atoms. The van der Waals surface area contributed by atoms with E-state index < -0.39 is 0 Å². The van der Waals surface area contributed by atoms with Gasteiger partial charge in [-0.15, -0.1) is 0 Å². The molecule has 2 heteroatoms. The van der Waals surface area contributed by atoms with Gasteiger partial charge in [-0.25, -0.2) is 0 Å². The molecule has 0 amide bonds. The minimum absolute atomic E-state index is 0.693. The fraction of sp³-hybridized carbons (Fsp3) is 0.400. The van der Waals surface area contributed by atoms with Crippen molar-refractivity contribution in [1.29, 1.82) is 0 Å². The Balaban J connectivity index is 1.96. The zero-order valence-electron chi connectivity index (χ0n) is 10.3. The minimum atomic E-state index is 0.693.